The Morgan fingerprint density at radius 3 is 2.68 bits per heavy atom. The normalized spacial score (nSPS) is 16.0. The average molecular weight is 402 g/mol. The van der Waals surface area contributed by atoms with E-state index in [4.69, 9.17) is 4.74 Å². The molecule has 2 heterocycles. The molecule has 1 amide bonds. The van der Waals surface area contributed by atoms with Crippen LogP contribution >= 0.6 is 0 Å². The first-order chi connectivity index (χ1) is 13.1. The lowest BCUT2D eigenvalue weighted by Crippen LogP contribution is -2.47. The third-order valence-electron chi connectivity index (χ3n) is 3.92. The third kappa shape index (κ3) is 4.42. The number of rotatable bonds is 5. The van der Waals surface area contributed by atoms with Crippen LogP contribution in [0.2, 0.25) is 0 Å². The zero-order valence-corrected chi connectivity index (χ0v) is 14.0. The molecule has 0 saturated carbocycles. The number of nitrogens with zero attached hydrogens (tertiary/aromatic N) is 4. The molecule has 1 aliphatic rings. The van der Waals surface area contributed by atoms with E-state index in [1.165, 1.54) is 16.7 Å². The molecule has 28 heavy (non-hydrogen) atoms. The molecule has 0 fully saturated rings. The summed E-state index contributed by atoms with van der Waals surface area (Å²) in [6.07, 6.45) is -4.95. The summed E-state index contributed by atoms with van der Waals surface area (Å²) >= 11 is 0. The molecule has 2 aromatic rings. The molecule has 0 radical (unpaired) electrons. The van der Waals surface area contributed by atoms with Gasteiger partial charge < -0.3 is 24.7 Å². The van der Waals surface area contributed by atoms with Gasteiger partial charge in [0, 0.05) is 11.5 Å². The highest BCUT2D eigenvalue weighted by Gasteiger charge is 2.33. The van der Waals surface area contributed by atoms with Crippen molar-refractivity contribution in [2.75, 3.05) is 6.61 Å². The smallest absolute Gasteiger partial charge is 0.465 e. The van der Waals surface area contributed by atoms with Gasteiger partial charge in [-0.25, -0.2) is 4.79 Å². The molecule has 0 aliphatic carbocycles. The molecular weight excluding hydrogens is 389 g/mol. The summed E-state index contributed by atoms with van der Waals surface area (Å²) in [6.45, 7) is -0.116. The van der Waals surface area contributed by atoms with Gasteiger partial charge in [0.2, 0.25) is 0 Å². The van der Waals surface area contributed by atoms with Crippen molar-refractivity contribution in [2.24, 2.45) is 0 Å². The van der Waals surface area contributed by atoms with E-state index in [9.17, 15) is 33.2 Å². The maximum atomic E-state index is 12.2. The van der Waals surface area contributed by atoms with Gasteiger partial charge in [0.05, 0.1) is 12.6 Å². The van der Waals surface area contributed by atoms with Crippen LogP contribution in [-0.4, -0.2) is 49.6 Å². The van der Waals surface area contributed by atoms with Gasteiger partial charge in [-0.1, -0.05) is 12.1 Å². The minimum atomic E-state index is -4.82. The first-order valence-corrected chi connectivity index (χ1v) is 7.81. The highest BCUT2D eigenvalue weighted by molar-refractivity contribution is 5.65. The molecule has 0 bridgehead atoms. The Hall–Kier alpha value is -3.51. The second kappa shape index (κ2) is 7.25. The summed E-state index contributed by atoms with van der Waals surface area (Å²) in [5.41, 5.74) is 0.430. The van der Waals surface area contributed by atoms with E-state index in [0.29, 0.717) is 5.56 Å². The van der Waals surface area contributed by atoms with Crippen LogP contribution in [0, 0.1) is 10.1 Å². The number of amides is 1. The number of carbonyl (C=O) groups is 1. The molecule has 13 heteroatoms. The van der Waals surface area contributed by atoms with Crippen LogP contribution in [0.5, 0.6) is 11.8 Å². The Morgan fingerprint density at radius 2 is 2.11 bits per heavy atom. The predicted octanol–water partition coefficient (Wildman–Crippen LogP) is 2.63. The Kier molecular flexibility index (Phi) is 4.98. The van der Waals surface area contributed by atoms with E-state index in [1.807, 2.05) is 0 Å². The number of aromatic nitrogens is 2. The van der Waals surface area contributed by atoms with E-state index >= 15 is 0 Å². The largest absolute Gasteiger partial charge is 0.573 e. The summed E-state index contributed by atoms with van der Waals surface area (Å²) in [5, 5.41) is 20.3. The molecule has 1 atom stereocenters. The minimum Gasteiger partial charge on any atom is -0.465 e. The number of nitro groups is 1. The molecular formula is C15H13F3N4O6. The van der Waals surface area contributed by atoms with Crippen LogP contribution in [0.15, 0.2) is 30.5 Å². The Balaban J connectivity index is 1.72. The van der Waals surface area contributed by atoms with Crippen molar-refractivity contribution in [2.45, 2.75) is 25.5 Å². The quantitative estimate of drug-likeness (QED) is 0.603. The summed E-state index contributed by atoms with van der Waals surface area (Å²) in [6, 6.07) is 4.13. The van der Waals surface area contributed by atoms with Gasteiger partial charge in [0.15, 0.2) is 0 Å². The Bertz CT molecular complexity index is 883. The number of benzene rings is 1. The Morgan fingerprint density at radius 1 is 1.43 bits per heavy atom. The summed E-state index contributed by atoms with van der Waals surface area (Å²) in [7, 11) is 0. The molecule has 1 N–H and O–H groups in total. The van der Waals surface area contributed by atoms with Gasteiger partial charge in [-0.3, -0.25) is 9.47 Å². The number of ether oxygens (including phenoxy) is 2. The van der Waals surface area contributed by atoms with Gasteiger partial charge in [0.1, 0.15) is 18.6 Å². The fourth-order valence-corrected chi connectivity index (χ4v) is 2.70. The van der Waals surface area contributed by atoms with Crippen molar-refractivity contribution in [1.82, 2.24) is 14.5 Å². The standard InChI is InChI=1S/C15H13F3N4O6/c16-15(17,18)28-11-3-1-9(2-4-11)5-21(14(23)24)10-6-20-7-12(22(25)26)19-13(20)27-8-10/h1-4,7,10H,5-6,8H2,(H,23,24)/t10-/m0/s1. The summed E-state index contributed by atoms with van der Waals surface area (Å²) < 4.78 is 47.0. The average Bonchev–Trinajstić information content (AvgIpc) is 3.03. The Labute approximate surface area is 154 Å². The highest BCUT2D eigenvalue weighted by atomic mass is 19.4. The highest BCUT2D eigenvalue weighted by Crippen LogP contribution is 2.26. The second-order valence-corrected chi connectivity index (χ2v) is 5.86. The van der Waals surface area contributed by atoms with Crippen molar-refractivity contribution < 1.29 is 37.5 Å². The molecule has 10 nitrogen and oxygen atoms in total. The molecule has 3 rings (SSSR count). The van der Waals surface area contributed by atoms with Crippen LogP contribution in [-0.2, 0) is 13.1 Å². The van der Waals surface area contributed by atoms with Gasteiger partial charge >= 0.3 is 24.3 Å². The number of fused-ring (bicyclic) bond motifs is 1. The van der Waals surface area contributed by atoms with Crippen molar-refractivity contribution in [3.8, 4) is 11.8 Å². The maximum Gasteiger partial charge on any atom is 0.573 e. The number of halogens is 3. The first-order valence-electron chi connectivity index (χ1n) is 7.81. The maximum absolute atomic E-state index is 12.2. The number of hydrogen-bond acceptors (Lipinski definition) is 6. The summed E-state index contributed by atoms with van der Waals surface area (Å²) in [5.74, 6) is -0.840. The van der Waals surface area contributed by atoms with E-state index in [2.05, 4.69) is 9.72 Å². The lowest BCUT2D eigenvalue weighted by Gasteiger charge is -2.31. The molecule has 1 aliphatic heterocycles. The van der Waals surface area contributed by atoms with Crippen molar-refractivity contribution in [3.63, 3.8) is 0 Å². The van der Waals surface area contributed by atoms with Crippen molar-refractivity contribution in [1.29, 1.82) is 0 Å². The lowest BCUT2D eigenvalue weighted by molar-refractivity contribution is -0.389. The van der Waals surface area contributed by atoms with E-state index < -0.39 is 35.0 Å². The minimum absolute atomic E-state index is 0.0157. The second-order valence-electron chi connectivity index (χ2n) is 5.86. The van der Waals surface area contributed by atoms with Crippen LogP contribution in [0.25, 0.3) is 0 Å². The van der Waals surface area contributed by atoms with Gasteiger partial charge in [-0.2, -0.15) is 0 Å². The van der Waals surface area contributed by atoms with E-state index in [0.717, 1.165) is 23.2 Å². The monoisotopic (exact) mass is 402 g/mol. The molecule has 1 aromatic carbocycles. The van der Waals surface area contributed by atoms with Gasteiger partial charge in [0.25, 0.3) is 0 Å². The van der Waals surface area contributed by atoms with E-state index in [-0.39, 0.29) is 25.7 Å². The topological polar surface area (TPSA) is 120 Å². The van der Waals surface area contributed by atoms with Gasteiger partial charge in [-0.15, -0.1) is 13.2 Å². The zero-order valence-electron chi connectivity index (χ0n) is 14.0. The number of carboxylic acid groups (broad SMARTS) is 1. The molecule has 0 unspecified atom stereocenters. The molecule has 0 spiro atoms. The van der Waals surface area contributed by atoms with Crippen LogP contribution < -0.4 is 9.47 Å². The number of imidazole rings is 1. The summed E-state index contributed by atoms with van der Waals surface area (Å²) in [4.78, 5) is 26.5. The SMILES string of the molecule is O=C(O)N(Cc1ccc(OC(F)(F)F)cc1)[C@@H]1COc2nc([N+](=O)[O-])cn2C1. The molecule has 0 saturated heterocycles. The van der Waals surface area contributed by atoms with E-state index in [1.54, 1.807) is 0 Å². The third-order valence-corrected chi connectivity index (χ3v) is 3.92. The van der Waals surface area contributed by atoms with Crippen molar-refractivity contribution >= 4 is 11.9 Å². The zero-order chi connectivity index (χ0) is 20.5. The fraction of sp³-hybridized carbons (Fsp3) is 0.333. The molecule has 150 valence electrons. The number of alkyl halides is 3. The first kappa shape index (κ1) is 19.3. The number of hydrogen-bond donors (Lipinski definition) is 1. The lowest BCUT2D eigenvalue weighted by atomic mass is 10.1. The van der Waals surface area contributed by atoms with Gasteiger partial charge in [-0.05, 0) is 22.6 Å². The van der Waals surface area contributed by atoms with Crippen LogP contribution in [0.1, 0.15) is 5.56 Å². The molecule has 1 aromatic heterocycles. The van der Waals surface area contributed by atoms with Crippen LogP contribution in [0.4, 0.5) is 23.8 Å². The predicted molar refractivity (Wildman–Crippen MR) is 84.9 cm³/mol. The van der Waals surface area contributed by atoms with Crippen molar-refractivity contribution in [3.05, 3.63) is 46.1 Å². The fourth-order valence-electron chi connectivity index (χ4n) is 2.70. The van der Waals surface area contributed by atoms with Crippen LogP contribution in [0.3, 0.4) is 0 Å².